The van der Waals surface area contributed by atoms with Crippen molar-refractivity contribution in [3.8, 4) is 11.5 Å². The van der Waals surface area contributed by atoms with E-state index in [1.165, 1.54) is 0 Å². The lowest BCUT2D eigenvalue weighted by Gasteiger charge is -2.36. The number of carbonyl (C=O) groups excluding carboxylic acids is 1. The predicted octanol–water partition coefficient (Wildman–Crippen LogP) is 1.37. The van der Waals surface area contributed by atoms with Crippen molar-refractivity contribution in [2.24, 2.45) is 5.73 Å². The summed E-state index contributed by atoms with van der Waals surface area (Å²) < 4.78 is 10.6. The molecule has 2 N–H and O–H groups in total. The van der Waals surface area contributed by atoms with Gasteiger partial charge in [-0.25, -0.2) is 0 Å². The van der Waals surface area contributed by atoms with Crippen LogP contribution in [0.4, 0.5) is 0 Å². The highest BCUT2D eigenvalue weighted by Gasteiger charge is 2.29. The molecule has 0 aromatic heterocycles. The van der Waals surface area contributed by atoms with E-state index in [1.54, 1.807) is 21.1 Å². The summed E-state index contributed by atoms with van der Waals surface area (Å²) in [6, 6.07) is 5.85. The van der Waals surface area contributed by atoms with Crippen molar-refractivity contribution < 1.29 is 14.3 Å². The maximum absolute atomic E-state index is 11.4. The fourth-order valence-electron chi connectivity index (χ4n) is 2.77. The molecule has 0 bridgehead atoms. The highest BCUT2D eigenvalue weighted by atomic mass is 16.5. The smallest absolute Gasteiger partial charge is 0.219 e. The third kappa shape index (κ3) is 2.88. The van der Waals surface area contributed by atoms with Gasteiger partial charge in [-0.3, -0.25) is 4.79 Å². The van der Waals surface area contributed by atoms with Crippen LogP contribution < -0.4 is 15.2 Å². The number of hydrogen-bond donors (Lipinski definition) is 1. The number of benzene rings is 1. The largest absolute Gasteiger partial charge is 0.493 e. The van der Waals surface area contributed by atoms with Crippen LogP contribution in [0, 0.1) is 0 Å². The number of likely N-dealkylation sites (tertiary alicyclic amines) is 1. The van der Waals surface area contributed by atoms with E-state index in [-0.39, 0.29) is 17.9 Å². The van der Waals surface area contributed by atoms with Gasteiger partial charge in [0.2, 0.25) is 5.91 Å². The van der Waals surface area contributed by atoms with Crippen LogP contribution in [0.15, 0.2) is 18.2 Å². The summed E-state index contributed by atoms with van der Waals surface area (Å²) in [7, 11) is 3.24. The van der Waals surface area contributed by atoms with Gasteiger partial charge in [0.1, 0.15) is 0 Å². The molecule has 1 aromatic rings. The topological polar surface area (TPSA) is 64.8 Å². The lowest BCUT2D eigenvalue weighted by Crippen LogP contribution is -2.48. The van der Waals surface area contributed by atoms with Gasteiger partial charge in [0.05, 0.1) is 14.2 Å². The number of hydrogen-bond acceptors (Lipinski definition) is 4. The van der Waals surface area contributed by atoms with Crippen molar-refractivity contribution in [2.75, 3.05) is 27.3 Å². The van der Waals surface area contributed by atoms with E-state index >= 15 is 0 Å². The number of piperidine rings is 1. The molecule has 0 saturated carbocycles. The van der Waals surface area contributed by atoms with Crippen LogP contribution in [0.25, 0.3) is 0 Å². The Kier molecular flexibility index (Phi) is 4.49. The third-order valence-electron chi connectivity index (χ3n) is 3.94. The predicted molar refractivity (Wildman–Crippen MR) is 77.1 cm³/mol. The lowest BCUT2D eigenvalue weighted by atomic mass is 9.85. The molecule has 5 nitrogen and oxygen atoms in total. The zero-order chi connectivity index (χ0) is 14.7. The van der Waals surface area contributed by atoms with Gasteiger partial charge >= 0.3 is 0 Å². The number of methoxy groups -OCH3 is 2. The van der Waals surface area contributed by atoms with Crippen LogP contribution in [0.3, 0.4) is 0 Å². The summed E-state index contributed by atoms with van der Waals surface area (Å²) in [5, 5.41) is 0. The van der Waals surface area contributed by atoms with E-state index in [9.17, 15) is 4.79 Å². The van der Waals surface area contributed by atoms with Crippen molar-refractivity contribution in [2.45, 2.75) is 25.3 Å². The molecule has 0 aliphatic carbocycles. The Balaban J connectivity index is 2.18. The molecule has 1 aromatic carbocycles. The first kappa shape index (κ1) is 14.7. The van der Waals surface area contributed by atoms with Gasteiger partial charge < -0.3 is 20.1 Å². The van der Waals surface area contributed by atoms with E-state index in [0.717, 1.165) is 18.5 Å². The van der Waals surface area contributed by atoms with Crippen LogP contribution >= 0.6 is 0 Å². The third-order valence-corrected chi connectivity index (χ3v) is 3.94. The van der Waals surface area contributed by atoms with Gasteiger partial charge in [0.15, 0.2) is 11.5 Å². The minimum Gasteiger partial charge on any atom is -0.493 e. The van der Waals surface area contributed by atoms with Crippen LogP contribution in [0.5, 0.6) is 11.5 Å². The van der Waals surface area contributed by atoms with Gasteiger partial charge in [-0.15, -0.1) is 0 Å². The average Bonchev–Trinajstić information content (AvgIpc) is 2.46. The maximum Gasteiger partial charge on any atom is 0.219 e. The molecule has 20 heavy (non-hydrogen) atoms. The first-order chi connectivity index (χ1) is 9.56. The molecule has 1 fully saturated rings. The van der Waals surface area contributed by atoms with Gasteiger partial charge in [-0.05, 0) is 24.1 Å². The molecule has 110 valence electrons. The van der Waals surface area contributed by atoms with Crippen LogP contribution in [0.1, 0.15) is 24.8 Å². The maximum atomic E-state index is 11.4. The van der Waals surface area contributed by atoms with Crippen molar-refractivity contribution in [1.29, 1.82) is 0 Å². The molecule has 1 heterocycles. The summed E-state index contributed by atoms with van der Waals surface area (Å²) >= 11 is 0. The molecule has 2 rings (SSSR count). The molecule has 0 spiro atoms. The van der Waals surface area contributed by atoms with E-state index in [4.69, 9.17) is 15.2 Å². The quantitative estimate of drug-likeness (QED) is 0.907. The summed E-state index contributed by atoms with van der Waals surface area (Å²) in [5.41, 5.74) is 7.37. The number of ether oxygens (including phenoxy) is 2. The van der Waals surface area contributed by atoms with Crippen molar-refractivity contribution >= 4 is 5.91 Å². The number of rotatable bonds is 3. The van der Waals surface area contributed by atoms with Gasteiger partial charge in [0.25, 0.3) is 0 Å². The van der Waals surface area contributed by atoms with Crippen molar-refractivity contribution in [1.82, 2.24) is 4.90 Å². The monoisotopic (exact) mass is 278 g/mol. The Labute approximate surface area is 119 Å². The van der Waals surface area contributed by atoms with Gasteiger partial charge in [-0.2, -0.15) is 0 Å². The Morgan fingerprint density at radius 3 is 2.55 bits per heavy atom. The summed E-state index contributed by atoms with van der Waals surface area (Å²) in [6.07, 6.45) is 0.871. The fraction of sp³-hybridized carbons (Fsp3) is 0.533. The Hall–Kier alpha value is -1.75. The SMILES string of the molecule is COc1ccc(C2CCN(C(C)=O)CC2N)cc1OC. The van der Waals surface area contributed by atoms with E-state index in [2.05, 4.69) is 0 Å². The molecular weight excluding hydrogens is 256 g/mol. The highest BCUT2D eigenvalue weighted by Crippen LogP contribution is 2.34. The second kappa shape index (κ2) is 6.13. The second-order valence-corrected chi connectivity index (χ2v) is 5.14. The molecule has 2 unspecified atom stereocenters. The Morgan fingerprint density at radius 2 is 2.00 bits per heavy atom. The average molecular weight is 278 g/mol. The minimum atomic E-state index is -0.0502. The standard InChI is InChI=1S/C15H22N2O3/c1-10(18)17-7-6-12(13(16)9-17)11-4-5-14(19-2)15(8-11)20-3/h4-5,8,12-13H,6-7,9,16H2,1-3H3. The number of carbonyl (C=O) groups is 1. The Morgan fingerprint density at radius 1 is 1.30 bits per heavy atom. The number of amides is 1. The lowest BCUT2D eigenvalue weighted by molar-refractivity contribution is -0.130. The number of nitrogens with zero attached hydrogens (tertiary/aromatic N) is 1. The molecule has 5 heteroatoms. The zero-order valence-corrected chi connectivity index (χ0v) is 12.3. The molecule has 1 aliphatic rings. The summed E-state index contributed by atoms with van der Waals surface area (Å²) in [6.45, 7) is 2.94. The fourth-order valence-corrected chi connectivity index (χ4v) is 2.77. The molecule has 1 amide bonds. The van der Waals surface area contributed by atoms with Gasteiger partial charge in [-0.1, -0.05) is 6.07 Å². The molecule has 2 atom stereocenters. The highest BCUT2D eigenvalue weighted by molar-refractivity contribution is 5.73. The number of nitrogens with two attached hydrogens (primary N) is 1. The molecule has 0 radical (unpaired) electrons. The first-order valence-electron chi connectivity index (χ1n) is 6.79. The molecular formula is C15H22N2O3. The van der Waals surface area contributed by atoms with Crippen LogP contribution in [-0.2, 0) is 4.79 Å². The summed E-state index contributed by atoms with van der Waals surface area (Å²) in [4.78, 5) is 13.2. The zero-order valence-electron chi connectivity index (χ0n) is 12.3. The van der Waals surface area contributed by atoms with Crippen LogP contribution in [0.2, 0.25) is 0 Å². The van der Waals surface area contributed by atoms with Gasteiger partial charge in [0, 0.05) is 32.0 Å². The second-order valence-electron chi connectivity index (χ2n) is 5.14. The van der Waals surface area contributed by atoms with E-state index in [0.29, 0.717) is 18.0 Å². The molecule has 1 saturated heterocycles. The Bertz CT molecular complexity index is 490. The van der Waals surface area contributed by atoms with E-state index in [1.807, 2.05) is 23.1 Å². The van der Waals surface area contributed by atoms with Crippen molar-refractivity contribution in [3.05, 3.63) is 23.8 Å². The minimum absolute atomic E-state index is 0.0502. The first-order valence-corrected chi connectivity index (χ1v) is 6.79. The normalized spacial score (nSPS) is 22.5. The van der Waals surface area contributed by atoms with Crippen molar-refractivity contribution in [3.63, 3.8) is 0 Å². The van der Waals surface area contributed by atoms with E-state index < -0.39 is 0 Å². The molecule has 1 aliphatic heterocycles. The summed E-state index contributed by atoms with van der Waals surface area (Å²) in [5.74, 6) is 1.76. The van der Waals surface area contributed by atoms with Crippen LogP contribution in [-0.4, -0.2) is 44.2 Å².